The van der Waals surface area contributed by atoms with E-state index in [0.717, 1.165) is 21.6 Å². The summed E-state index contributed by atoms with van der Waals surface area (Å²) in [5, 5.41) is 0.819. The highest BCUT2D eigenvalue weighted by Gasteiger charge is 2.46. The zero-order chi connectivity index (χ0) is 14.4. The fourth-order valence-electron chi connectivity index (χ4n) is 2.20. The Bertz CT molecular complexity index is 474. The average Bonchev–Trinajstić information content (AvgIpc) is 2.29. The molecule has 4 heteroatoms. The normalized spacial score (nSPS) is 21.5. The maximum atomic E-state index is 6.21. The van der Waals surface area contributed by atoms with Crippen LogP contribution in [0.15, 0.2) is 12.1 Å². The quantitative estimate of drug-likeness (QED) is 0.733. The van der Waals surface area contributed by atoms with Crippen molar-refractivity contribution in [2.75, 3.05) is 6.61 Å². The van der Waals surface area contributed by atoms with E-state index in [2.05, 4.69) is 39.8 Å². The van der Waals surface area contributed by atoms with Crippen LogP contribution < -0.4 is 5.46 Å². The molecule has 1 fully saturated rings. The highest BCUT2D eigenvalue weighted by Crippen LogP contribution is 2.38. The van der Waals surface area contributed by atoms with Gasteiger partial charge in [0.2, 0.25) is 0 Å². The molecule has 19 heavy (non-hydrogen) atoms. The summed E-state index contributed by atoms with van der Waals surface area (Å²) < 4.78 is 12.1. The summed E-state index contributed by atoms with van der Waals surface area (Å²) in [5.41, 5.74) is 2.94. The second-order valence-corrected chi connectivity index (χ2v) is 7.00. The number of aryl methyl sites for hydroxylation is 2. The Hall–Kier alpha value is -0.505. The minimum atomic E-state index is -0.308. The lowest BCUT2D eigenvalue weighted by atomic mass is 9.68. The van der Waals surface area contributed by atoms with Crippen molar-refractivity contribution < 1.29 is 9.31 Å². The first kappa shape index (κ1) is 14.9. The van der Waals surface area contributed by atoms with Crippen molar-refractivity contribution in [1.82, 2.24) is 0 Å². The van der Waals surface area contributed by atoms with Gasteiger partial charge in [0.05, 0.1) is 5.60 Å². The predicted molar refractivity (Wildman–Crippen MR) is 81.2 cm³/mol. The van der Waals surface area contributed by atoms with Gasteiger partial charge in [-0.05, 0) is 44.3 Å². The first-order valence-electron chi connectivity index (χ1n) is 6.70. The van der Waals surface area contributed by atoms with Gasteiger partial charge in [-0.1, -0.05) is 37.6 Å². The molecule has 0 aliphatic carbocycles. The van der Waals surface area contributed by atoms with Gasteiger partial charge in [-0.3, -0.25) is 0 Å². The van der Waals surface area contributed by atoms with Gasteiger partial charge in [0, 0.05) is 17.0 Å². The van der Waals surface area contributed by atoms with E-state index in [9.17, 15) is 0 Å². The average molecular weight is 281 g/mol. The smallest absolute Gasteiger partial charge is 0.407 e. The molecule has 0 unspecified atom stereocenters. The van der Waals surface area contributed by atoms with Crippen LogP contribution in [-0.4, -0.2) is 19.3 Å². The molecule has 0 spiro atoms. The van der Waals surface area contributed by atoms with Crippen molar-refractivity contribution in [3.05, 3.63) is 28.3 Å². The summed E-state index contributed by atoms with van der Waals surface area (Å²) in [7, 11) is -0.308. The van der Waals surface area contributed by atoms with Crippen molar-refractivity contribution in [2.45, 2.75) is 47.1 Å². The predicted octanol–water partition coefficient (Wildman–Crippen LogP) is 3.50. The summed E-state index contributed by atoms with van der Waals surface area (Å²) >= 11 is 6.21. The summed E-state index contributed by atoms with van der Waals surface area (Å²) in [6.07, 6.45) is 0. The molecule has 0 radical (unpaired) electrons. The molecule has 2 nitrogen and oxygen atoms in total. The molecule has 1 saturated heterocycles. The van der Waals surface area contributed by atoms with Gasteiger partial charge in [0.1, 0.15) is 0 Å². The first-order chi connectivity index (χ1) is 8.64. The fraction of sp³-hybridized carbons (Fsp3) is 0.600. The number of halogens is 1. The molecule has 2 rings (SSSR count). The van der Waals surface area contributed by atoms with Gasteiger partial charge in [0.15, 0.2) is 0 Å². The van der Waals surface area contributed by atoms with Crippen LogP contribution >= 0.6 is 11.6 Å². The summed E-state index contributed by atoms with van der Waals surface area (Å²) in [6.45, 7) is 13.3. The SMILES string of the molecule is Cc1cc(B2OCC(C)(C)C(C)(C)O2)cc(C)c1Cl. The molecule has 0 aromatic heterocycles. The fourth-order valence-corrected chi connectivity index (χ4v) is 2.31. The summed E-state index contributed by atoms with van der Waals surface area (Å²) in [6, 6.07) is 4.10. The Labute approximate surface area is 121 Å². The third kappa shape index (κ3) is 2.69. The van der Waals surface area contributed by atoms with Gasteiger partial charge >= 0.3 is 7.12 Å². The van der Waals surface area contributed by atoms with Gasteiger partial charge in [0.25, 0.3) is 0 Å². The molecule has 0 amide bonds. The van der Waals surface area contributed by atoms with Gasteiger partial charge in [-0.2, -0.15) is 0 Å². The third-order valence-electron chi connectivity index (χ3n) is 4.36. The Kier molecular flexibility index (Phi) is 3.76. The molecule has 1 aliphatic rings. The summed E-state index contributed by atoms with van der Waals surface area (Å²) in [5.74, 6) is 0. The molecule has 0 N–H and O–H groups in total. The lowest BCUT2D eigenvalue weighted by Gasteiger charge is -2.47. The van der Waals surface area contributed by atoms with E-state index in [1.54, 1.807) is 0 Å². The number of rotatable bonds is 1. The molecule has 1 aromatic rings. The molecular formula is C15H22BClO2. The van der Waals surface area contributed by atoms with Crippen LogP contribution in [0.1, 0.15) is 38.8 Å². The van der Waals surface area contributed by atoms with Crippen molar-refractivity contribution in [3.8, 4) is 0 Å². The second kappa shape index (κ2) is 4.80. The van der Waals surface area contributed by atoms with E-state index < -0.39 is 0 Å². The monoisotopic (exact) mass is 280 g/mol. The lowest BCUT2D eigenvalue weighted by molar-refractivity contribution is -0.0937. The van der Waals surface area contributed by atoms with E-state index >= 15 is 0 Å². The number of benzene rings is 1. The molecule has 0 atom stereocenters. The third-order valence-corrected chi connectivity index (χ3v) is 4.95. The van der Waals surface area contributed by atoms with Gasteiger partial charge in [-0.15, -0.1) is 0 Å². The molecule has 1 heterocycles. The minimum Gasteiger partial charge on any atom is -0.407 e. The van der Waals surface area contributed by atoms with Crippen molar-refractivity contribution in [1.29, 1.82) is 0 Å². The zero-order valence-corrected chi connectivity index (χ0v) is 13.4. The molecule has 0 bridgehead atoms. The highest BCUT2D eigenvalue weighted by molar-refractivity contribution is 6.61. The topological polar surface area (TPSA) is 18.5 Å². The van der Waals surface area contributed by atoms with Crippen LogP contribution in [0.2, 0.25) is 5.02 Å². The van der Waals surface area contributed by atoms with Crippen LogP contribution in [0.4, 0.5) is 0 Å². The van der Waals surface area contributed by atoms with Crippen LogP contribution in [0.25, 0.3) is 0 Å². The van der Waals surface area contributed by atoms with Crippen molar-refractivity contribution in [2.24, 2.45) is 5.41 Å². The number of hydrogen-bond donors (Lipinski definition) is 0. The molecule has 0 saturated carbocycles. The molecular weight excluding hydrogens is 258 g/mol. The Morgan fingerprint density at radius 3 is 2.11 bits per heavy atom. The van der Waals surface area contributed by atoms with E-state index in [0.29, 0.717) is 6.61 Å². The van der Waals surface area contributed by atoms with Crippen LogP contribution in [0.5, 0.6) is 0 Å². The standard InChI is InChI=1S/C15H22BClO2/c1-10-7-12(8-11(2)13(10)17)16-18-9-14(3,4)15(5,6)19-16/h7-8H,9H2,1-6H3. The Morgan fingerprint density at radius 2 is 1.63 bits per heavy atom. The molecule has 1 aromatic carbocycles. The Morgan fingerprint density at radius 1 is 1.11 bits per heavy atom. The number of hydrogen-bond acceptors (Lipinski definition) is 2. The van der Waals surface area contributed by atoms with E-state index in [4.69, 9.17) is 20.9 Å². The van der Waals surface area contributed by atoms with Crippen LogP contribution in [0.3, 0.4) is 0 Å². The first-order valence-corrected chi connectivity index (χ1v) is 7.08. The van der Waals surface area contributed by atoms with Crippen molar-refractivity contribution >= 4 is 24.2 Å². The highest BCUT2D eigenvalue weighted by atomic mass is 35.5. The van der Waals surface area contributed by atoms with E-state index in [-0.39, 0.29) is 18.1 Å². The lowest BCUT2D eigenvalue weighted by Crippen LogP contribution is -2.58. The minimum absolute atomic E-state index is 0.0000146. The van der Waals surface area contributed by atoms with E-state index in [1.165, 1.54) is 0 Å². The summed E-state index contributed by atoms with van der Waals surface area (Å²) in [4.78, 5) is 0. The van der Waals surface area contributed by atoms with Crippen molar-refractivity contribution in [3.63, 3.8) is 0 Å². The maximum Gasteiger partial charge on any atom is 0.494 e. The second-order valence-electron chi connectivity index (χ2n) is 6.62. The van der Waals surface area contributed by atoms with Gasteiger partial charge < -0.3 is 9.31 Å². The Balaban J connectivity index is 2.30. The molecule has 1 aliphatic heterocycles. The zero-order valence-electron chi connectivity index (χ0n) is 12.6. The molecule has 104 valence electrons. The van der Waals surface area contributed by atoms with E-state index in [1.807, 2.05) is 13.8 Å². The maximum absolute atomic E-state index is 6.21. The van der Waals surface area contributed by atoms with Crippen LogP contribution in [0, 0.1) is 19.3 Å². The van der Waals surface area contributed by atoms with Crippen LogP contribution in [-0.2, 0) is 9.31 Å². The van der Waals surface area contributed by atoms with Gasteiger partial charge in [-0.25, -0.2) is 0 Å². The largest absolute Gasteiger partial charge is 0.494 e.